The molecule has 3 aromatic rings. The Morgan fingerprint density at radius 2 is 1.78 bits per heavy atom. The van der Waals surface area contributed by atoms with E-state index in [-0.39, 0.29) is 15.9 Å². The van der Waals surface area contributed by atoms with Crippen LogP contribution in [0.25, 0.3) is 0 Å². The lowest BCUT2D eigenvalue weighted by molar-refractivity contribution is 0.256. The number of urea groups is 1. The summed E-state index contributed by atoms with van der Waals surface area (Å²) in [6.07, 6.45) is 3.26. The van der Waals surface area contributed by atoms with Crippen molar-refractivity contribution in [3.8, 4) is 5.75 Å². The molecule has 3 rings (SSSR count). The van der Waals surface area contributed by atoms with Gasteiger partial charge in [0.2, 0.25) is 0 Å². The Morgan fingerprint density at radius 3 is 2.38 bits per heavy atom. The van der Waals surface area contributed by atoms with Crippen LogP contribution in [0.3, 0.4) is 0 Å². The molecular weight excluding hydrogens is 450 g/mol. The number of aromatic nitrogens is 2. The van der Waals surface area contributed by atoms with E-state index < -0.39 is 16.1 Å². The number of ether oxygens (including phenoxy) is 1. The molecule has 2 heterocycles. The molecule has 2 aromatic heterocycles. The first-order valence-electron chi connectivity index (χ1n) is 9.82. The van der Waals surface area contributed by atoms with Gasteiger partial charge in [0.05, 0.1) is 18.8 Å². The number of aryl methyl sites for hydroxylation is 1. The molecule has 11 heteroatoms. The van der Waals surface area contributed by atoms with Crippen molar-refractivity contribution in [3.63, 3.8) is 0 Å². The quantitative estimate of drug-likeness (QED) is 0.532. The Hall–Kier alpha value is -3.02. The number of rotatable bonds is 8. The average Bonchev–Trinajstić information content (AvgIpc) is 3.16. The van der Waals surface area contributed by atoms with Gasteiger partial charge in [-0.05, 0) is 55.8 Å². The highest BCUT2D eigenvalue weighted by atomic mass is 32.2. The van der Waals surface area contributed by atoms with Crippen LogP contribution in [0.2, 0.25) is 0 Å². The lowest BCUT2D eigenvalue weighted by atomic mass is 10.2. The van der Waals surface area contributed by atoms with Gasteiger partial charge < -0.3 is 10.1 Å². The fourth-order valence-corrected chi connectivity index (χ4v) is 5.42. The highest BCUT2D eigenvalue weighted by Crippen LogP contribution is 2.32. The summed E-state index contributed by atoms with van der Waals surface area (Å²) in [6.45, 7) is 4.26. The summed E-state index contributed by atoms with van der Waals surface area (Å²) >= 11 is 0.959. The number of benzene rings is 1. The molecule has 0 spiro atoms. The third-order valence-electron chi connectivity index (χ3n) is 4.44. The molecule has 9 nitrogen and oxygen atoms in total. The Bertz CT molecular complexity index is 1160. The fraction of sp³-hybridized carbons (Fsp3) is 0.286. The minimum absolute atomic E-state index is 0.103. The molecule has 0 saturated heterocycles. The number of carbonyl (C=O) groups is 1. The molecule has 1 N–H and O–H groups in total. The van der Waals surface area contributed by atoms with E-state index in [9.17, 15) is 13.2 Å². The Labute approximate surface area is 191 Å². The van der Waals surface area contributed by atoms with Gasteiger partial charge in [0, 0.05) is 32.2 Å². The van der Waals surface area contributed by atoms with Gasteiger partial charge in [0.1, 0.15) is 5.75 Å². The zero-order valence-corrected chi connectivity index (χ0v) is 19.9. The van der Waals surface area contributed by atoms with Crippen LogP contribution in [0, 0.1) is 6.92 Å². The van der Waals surface area contributed by atoms with E-state index >= 15 is 0 Å². The fourth-order valence-electron chi connectivity index (χ4n) is 2.78. The molecular formula is C21H25N5O4S2. The highest BCUT2D eigenvalue weighted by molar-refractivity contribution is 7.91. The lowest BCUT2D eigenvalue weighted by Gasteiger charge is -2.20. The number of sulfonamides is 1. The number of hydrogen-bond donors (Lipinski definition) is 1. The summed E-state index contributed by atoms with van der Waals surface area (Å²) in [5.41, 5.74) is 1.74. The second-order valence-corrected chi connectivity index (χ2v) is 10.3. The molecule has 0 aliphatic heterocycles. The van der Waals surface area contributed by atoms with Crippen molar-refractivity contribution >= 4 is 38.2 Å². The maximum absolute atomic E-state index is 13.2. The van der Waals surface area contributed by atoms with Gasteiger partial charge in [-0.25, -0.2) is 22.5 Å². The monoisotopic (exact) mass is 475 g/mol. The largest absolute Gasteiger partial charge is 0.494 e. The molecule has 1 aromatic carbocycles. The number of amides is 2. The highest BCUT2D eigenvalue weighted by Gasteiger charge is 2.28. The van der Waals surface area contributed by atoms with Crippen LogP contribution in [-0.2, 0) is 16.6 Å². The van der Waals surface area contributed by atoms with E-state index in [1.54, 1.807) is 55.7 Å². The predicted octanol–water partition coefficient (Wildman–Crippen LogP) is 3.73. The minimum Gasteiger partial charge on any atom is -0.494 e. The van der Waals surface area contributed by atoms with Crippen molar-refractivity contribution in [2.24, 2.45) is 0 Å². The average molecular weight is 476 g/mol. The summed E-state index contributed by atoms with van der Waals surface area (Å²) in [5, 5.41) is 3.12. The maximum atomic E-state index is 13.2. The zero-order chi connectivity index (χ0) is 23.3. The molecule has 32 heavy (non-hydrogen) atoms. The Morgan fingerprint density at radius 1 is 1.12 bits per heavy atom. The lowest BCUT2D eigenvalue weighted by Crippen LogP contribution is -2.34. The molecule has 0 saturated carbocycles. The second kappa shape index (κ2) is 10.1. The van der Waals surface area contributed by atoms with Crippen LogP contribution in [0.4, 0.5) is 15.6 Å². The molecule has 170 valence electrons. The van der Waals surface area contributed by atoms with Crippen molar-refractivity contribution in [1.82, 2.24) is 14.3 Å². The van der Waals surface area contributed by atoms with Crippen molar-refractivity contribution < 1.29 is 17.9 Å². The zero-order valence-electron chi connectivity index (χ0n) is 18.3. The molecule has 2 amide bonds. The first kappa shape index (κ1) is 23.6. The van der Waals surface area contributed by atoms with E-state index in [2.05, 4.69) is 15.3 Å². The number of hydrogen-bond acceptors (Lipinski definition) is 7. The third kappa shape index (κ3) is 5.42. The first-order chi connectivity index (χ1) is 15.2. The number of carbonyl (C=O) groups excluding carboxylic acids is 1. The Balaban J connectivity index is 1.93. The smallest absolute Gasteiger partial charge is 0.328 e. The summed E-state index contributed by atoms with van der Waals surface area (Å²) in [6, 6.07) is 10.1. The van der Waals surface area contributed by atoms with E-state index in [0.29, 0.717) is 23.7 Å². The molecule has 0 aliphatic carbocycles. The minimum atomic E-state index is -3.68. The van der Waals surface area contributed by atoms with Gasteiger partial charge in [-0.1, -0.05) is 11.3 Å². The van der Waals surface area contributed by atoms with Gasteiger partial charge in [-0.2, -0.15) is 0 Å². The SMILES string of the molecule is CCOc1ccc(NC(=O)N(Cc2ccncc2)c2nc(C)c(S(=O)(=O)N(C)C)s2)cc1. The van der Waals surface area contributed by atoms with Gasteiger partial charge >= 0.3 is 6.03 Å². The van der Waals surface area contributed by atoms with Crippen LogP contribution in [0.5, 0.6) is 5.75 Å². The van der Waals surface area contributed by atoms with E-state index in [1.165, 1.54) is 19.0 Å². The summed E-state index contributed by atoms with van der Waals surface area (Å²) < 4.78 is 32.0. The topological polar surface area (TPSA) is 105 Å². The summed E-state index contributed by atoms with van der Waals surface area (Å²) in [5.74, 6) is 0.702. The molecule has 0 fully saturated rings. The number of nitrogens with zero attached hydrogens (tertiary/aromatic N) is 4. The molecule has 0 bridgehead atoms. The predicted molar refractivity (Wildman–Crippen MR) is 125 cm³/mol. The van der Waals surface area contributed by atoms with Crippen LogP contribution < -0.4 is 15.0 Å². The van der Waals surface area contributed by atoms with Crippen LogP contribution in [-0.4, -0.2) is 49.4 Å². The maximum Gasteiger partial charge on any atom is 0.328 e. The molecule has 0 aliphatic rings. The van der Waals surface area contributed by atoms with E-state index in [0.717, 1.165) is 21.2 Å². The van der Waals surface area contributed by atoms with E-state index in [4.69, 9.17) is 4.74 Å². The normalized spacial score (nSPS) is 11.4. The van der Waals surface area contributed by atoms with Gasteiger partial charge in [0.25, 0.3) is 10.0 Å². The molecule has 0 radical (unpaired) electrons. The first-order valence-corrected chi connectivity index (χ1v) is 12.1. The second-order valence-electron chi connectivity index (χ2n) is 6.99. The molecule has 0 atom stereocenters. The van der Waals surface area contributed by atoms with Gasteiger partial charge in [-0.3, -0.25) is 9.88 Å². The number of thiazole rings is 1. The van der Waals surface area contributed by atoms with Gasteiger partial charge in [-0.15, -0.1) is 0 Å². The molecule has 0 unspecified atom stereocenters. The van der Waals surface area contributed by atoms with E-state index in [1.807, 2.05) is 6.92 Å². The van der Waals surface area contributed by atoms with Crippen LogP contribution >= 0.6 is 11.3 Å². The summed E-state index contributed by atoms with van der Waals surface area (Å²) in [4.78, 5) is 23.0. The van der Waals surface area contributed by atoms with Crippen LogP contribution in [0.15, 0.2) is 53.0 Å². The van der Waals surface area contributed by atoms with Crippen molar-refractivity contribution in [1.29, 1.82) is 0 Å². The number of pyridine rings is 1. The van der Waals surface area contributed by atoms with Crippen molar-refractivity contribution in [3.05, 3.63) is 60.0 Å². The number of anilines is 2. The number of nitrogens with one attached hydrogen (secondary N) is 1. The van der Waals surface area contributed by atoms with Crippen molar-refractivity contribution in [2.75, 3.05) is 30.9 Å². The van der Waals surface area contributed by atoms with Crippen molar-refractivity contribution in [2.45, 2.75) is 24.6 Å². The van der Waals surface area contributed by atoms with Crippen LogP contribution in [0.1, 0.15) is 18.2 Å². The Kier molecular flexibility index (Phi) is 7.44. The van der Waals surface area contributed by atoms with Gasteiger partial charge in [0.15, 0.2) is 9.34 Å². The third-order valence-corrected chi connectivity index (χ3v) is 8.02. The standard InChI is InChI=1S/C21H25N5O4S2/c1-5-30-18-8-6-17(7-9-18)24-20(27)26(14-16-10-12-22-13-11-16)21-23-15(2)19(31-21)32(28,29)25(3)4/h6-13H,5,14H2,1-4H3,(H,24,27). The summed E-state index contributed by atoms with van der Waals surface area (Å²) in [7, 11) is -0.761.